The molecule has 3 amide bonds. The van der Waals surface area contributed by atoms with E-state index in [4.69, 9.17) is 4.42 Å². The van der Waals surface area contributed by atoms with E-state index in [1.807, 2.05) is 0 Å². The average Bonchev–Trinajstić information content (AvgIpc) is 2.85. The number of hydrogen-bond acceptors (Lipinski definition) is 4. The van der Waals surface area contributed by atoms with Crippen LogP contribution in [-0.4, -0.2) is 36.9 Å². The van der Waals surface area contributed by atoms with Crippen molar-refractivity contribution in [3.63, 3.8) is 0 Å². The number of carbonyl (C=O) groups excluding carboxylic acids is 3. The molecule has 1 unspecified atom stereocenters. The summed E-state index contributed by atoms with van der Waals surface area (Å²) in [5.41, 5.74) is 0. The number of halogens is 1. The minimum atomic E-state index is -0.456. The van der Waals surface area contributed by atoms with Crippen LogP contribution in [0.25, 0.3) is 0 Å². The largest absolute Gasteiger partial charge is 0.444 e. The van der Waals surface area contributed by atoms with Gasteiger partial charge >= 0.3 is 0 Å². The highest BCUT2D eigenvalue weighted by atomic mass is 79.9. The topological polar surface area (TPSA) is 100 Å². The van der Waals surface area contributed by atoms with Crippen molar-refractivity contribution in [1.82, 2.24) is 16.0 Å². The molecular formula is C12H14BrN3O4. The third-order valence-electron chi connectivity index (χ3n) is 2.84. The molecule has 0 saturated carbocycles. The number of hydrogen-bond donors (Lipinski definition) is 3. The fourth-order valence-electron chi connectivity index (χ4n) is 1.82. The highest BCUT2D eigenvalue weighted by Crippen LogP contribution is 2.13. The molecule has 7 nitrogen and oxygen atoms in total. The summed E-state index contributed by atoms with van der Waals surface area (Å²) in [5.74, 6) is -0.630. The molecule has 1 aliphatic rings. The van der Waals surface area contributed by atoms with E-state index in [1.165, 1.54) is 6.07 Å². The van der Waals surface area contributed by atoms with Crippen LogP contribution in [0, 0.1) is 0 Å². The fourth-order valence-corrected chi connectivity index (χ4v) is 2.13. The molecule has 1 fully saturated rings. The molecule has 20 heavy (non-hydrogen) atoms. The first-order chi connectivity index (χ1) is 9.54. The average molecular weight is 344 g/mol. The van der Waals surface area contributed by atoms with Crippen LogP contribution in [0.3, 0.4) is 0 Å². The normalized spacial score (nSPS) is 18.2. The van der Waals surface area contributed by atoms with Crippen molar-refractivity contribution < 1.29 is 18.8 Å². The van der Waals surface area contributed by atoms with Crippen LogP contribution >= 0.6 is 15.9 Å². The molecule has 1 aromatic heterocycles. The number of piperidine rings is 1. The quantitative estimate of drug-likeness (QED) is 0.725. The van der Waals surface area contributed by atoms with E-state index in [2.05, 4.69) is 31.9 Å². The summed E-state index contributed by atoms with van der Waals surface area (Å²) in [4.78, 5) is 34.3. The van der Waals surface area contributed by atoms with Crippen LogP contribution in [0.15, 0.2) is 21.2 Å². The SMILES string of the molecule is O=C1CCC(NC(=O)CNC(=O)c2ccc(Br)o2)CN1. The highest BCUT2D eigenvalue weighted by molar-refractivity contribution is 9.10. The van der Waals surface area contributed by atoms with Crippen molar-refractivity contribution in [1.29, 1.82) is 0 Å². The van der Waals surface area contributed by atoms with E-state index >= 15 is 0 Å². The summed E-state index contributed by atoms with van der Waals surface area (Å²) >= 11 is 3.09. The Morgan fingerprint density at radius 2 is 2.25 bits per heavy atom. The monoisotopic (exact) mass is 343 g/mol. The third-order valence-corrected chi connectivity index (χ3v) is 3.26. The molecule has 2 heterocycles. The molecule has 2 rings (SSSR count). The molecule has 8 heteroatoms. The van der Waals surface area contributed by atoms with E-state index in [0.29, 0.717) is 24.1 Å². The van der Waals surface area contributed by atoms with Crippen molar-refractivity contribution in [2.24, 2.45) is 0 Å². The van der Waals surface area contributed by atoms with E-state index in [1.54, 1.807) is 6.07 Å². The van der Waals surface area contributed by atoms with Crippen LogP contribution in [0.5, 0.6) is 0 Å². The molecule has 0 aromatic carbocycles. The summed E-state index contributed by atoms with van der Waals surface area (Å²) < 4.78 is 5.51. The molecule has 3 N–H and O–H groups in total. The van der Waals surface area contributed by atoms with E-state index in [-0.39, 0.29) is 30.2 Å². The predicted octanol–water partition coefficient (Wildman–Crippen LogP) is 0.167. The highest BCUT2D eigenvalue weighted by Gasteiger charge is 2.20. The summed E-state index contributed by atoms with van der Waals surface area (Å²) in [7, 11) is 0. The van der Waals surface area contributed by atoms with Crippen LogP contribution in [0.2, 0.25) is 0 Å². The van der Waals surface area contributed by atoms with Gasteiger partial charge in [-0.2, -0.15) is 0 Å². The second-order valence-electron chi connectivity index (χ2n) is 4.39. The Morgan fingerprint density at radius 3 is 2.85 bits per heavy atom. The summed E-state index contributed by atoms with van der Waals surface area (Å²) in [6, 6.07) is 3.02. The first kappa shape index (κ1) is 14.6. The van der Waals surface area contributed by atoms with Crippen molar-refractivity contribution in [3.8, 4) is 0 Å². The lowest BCUT2D eigenvalue weighted by atomic mass is 10.1. The van der Waals surface area contributed by atoms with Crippen molar-refractivity contribution in [2.75, 3.05) is 13.1 Å². The maximum atomic E-state index is 11.7. The molecule has 1 atom stereocenters. The third kappa shape index (κ3) is 4.09. The van der Waals surface area contributed by atoms with Crippen LogP contribution in [0.4, 0.5) is 0 Å². The minimum Gasteiger partial charge on any atom is -0.444 e. The second-order valence-corrected chi connectivity index (χ2v) is 5.18. The Balaban J connectivity index is 1.72. The Labute approximate surface area is 123 Å². The van der Waals surface area contributed by atoms with Crippen LogP contribution in [-0.2, 0) is 9.59 Å². The molecular weight excluding hydrogens is 330 g/mol. The maximum Gasteiger partial charge on any atom is 0.287 e. The van der Waals surface area contributed by atoms with Crippen LogP contribution in [0.1, 0.15) is 23.4 Å². The van der Waals surface area contributed by atoms with E-state index in [9.17, 15) is 14.4 Å². The Morgan fingerprint density at radius 1 is 1.45 bits per heavy atom. The Kier molecular flexibility index (Phi) is 4.78. The van der Waals surface area contributed by atoms with Gasteiger partial charge in [0.05, 0.1) is 6.54 Å². The maximum absolute atomic E-state index is 11.7. The van der Waals surface area contributed by atoms with Crippen molar-refractivity contribution in [2.45, 2.75) is 18.9 Å². The van der Waals surface area contributed by atoms with Crippen molar-refractivity contribution in [3.05, 3.63) is 22.6 Å². The number of amides is 3. The van der Waals surface area contributed by atoms with Crippen LogP contribution < -0.4 is 16.0 Å². The fraction of sp³-hybridized carbons (Fsp3) is 0.417. The number of rotatable bonds is 4. The van der Waals surface area contributed by atoms with Gasteiger partial charge in [0.1, 0.15) is 0 Å². The number of nitrogens with one attached hydrogen (secondary N) is 3. The summed E-state index contributed by atoms with van der Waals surface area (Å²) in [6.07, 6.45) is 1.01. The van der Waals surface area contributed by atoms with Gasteiger partial charge in [-0.25, -0.2) is 0 Å². The first-order valence-electron chi connectivity index (χ1n) is 6.14. The minimum absolute atomic E-state index is 0.00722. The molecule has 0 spiro atoms. The number of furan rings is 1. The van der Waals surface area contributed by atoms with Gasteiger partial charge < -0.3 is 20.4 Å². The Bertz CT molecular complexity index is 519. The van der Waals surface area contributed by atoms with Gasteiger partial charge in [0.2, 0.25) is 11.8 Å². The molecule has 1 aliphatic heterocycles. The molecule has 0 bridgehead atoms. The molecule has 1 aromatic rings. The van der Waals surface area contributed by atoms with Gasteiger partial charge in [-0.15, -0.1) is 0 Å². The second kappa shape index (κ2) is 6.56. The van der Waals surface area contributed by atoms with Crippen molar-refractivity contribution >= 4 is 33.7 Å². The van der Waals surface area contributed by atoms with Gasteiger partial charge in [-0.05, 0) is 34.5 Å². The Hall–Kier alpha value is -1.83. The zero-order valence-corrected chi connectivity index (χ0v) is 12.2. The van der Waals surface area contributed by atoms with Gasteiger partial charge in [0, 0.05) is 19.0 Å². The lowest BCUT2D eigenvalue weighted by Crippen LogP contribution is -2.50. The lowest BCUT2D eigenvalue weighted by molar-refractivity contribution is -0.125. The molecule has 0 aliphatic carbocycles. The lowest BCUT2D eigenvalue weighted by Gasteiger charge is -2.23. The van der Waals surface area contributed by atoms with E-state index in [0.717, 1.165) is 0 Å². The first-order valence-corrected chi connectivity index (χ1v) is 6.93. The van der Waals surface area contributed by atoms with Gasteiger partial charge in [-0.3, -0.25) is 14.4 Å². The summed E-state index contributed by atoms with van der Waals surface area (Å²) in [6.45, 7) is 0.283. The zero-order valence-electron chi connectivity index (χ0n) is 10.6. The summed E-state index contributed by atoms with van der Waals surface area (Å²) in [5, 5.41) is 7.87. The predicted molar refractivity (Wildman–Crippen MR) is 72.9 cm³/mol. The van der Waals surface area contributed by atoms with E-state index < -0.39 is 5.91 Å². The van der Waals surface area contributed by atoms with Gasteiger partial charge in [0.25, 0.3) is 5.91 Å². The van der Waals surface area contributed by atoms with Gasteiger partial charge in [-0.1, -0.05) is 0 Å². The van der Waals surface area contributed by atoms with Gasteiger partial charge in [0.15, 0.2) is 10.4 Å². The molecule has 0 radical (unpaired) electrons. The molecule has 108 valence electrons. The standard InChI is InChI=1S/C12H14BrN3O4/c13-9-3-2-8(20-9)12(19)15-6-11(18)16-7-1-4-10(17)14-5-7/h2-3,7H,1,4-6H2,(H,14,17)(H,15,19)(H,16,18). The smallest absolute Gasteiger partial charge is 0.287 e. The number of carbonyl (C=O) groups is 3. The zero-order chi connectivity index (χ0) is 14.5. The molecule has 1 saturated heterocycles.